The van der Waals surface area contributed by atoms with Crippen molar-refractivity contribution in [2.45, 2.75) is 12.8 Å². The summed E-state index contributed by atoms with van der Waals surface area (Å²) in [4.78, 5) is 0. The van der Waals surface area contributed by atoms with Gasteiger partial charge in [0.1, 0.15) is 0 Å². The summed E-state index contributed by atoms with van der Waals surface area (Å²) in [5.74, 6) is 0.416. The summed E-state index contributed by atoms with van der Waals surface area (Å²) in [6.07, 6.45) is 4.46. The van der Waals surface area contributed by atoms with Crippen molar-refractivity contribution in [2.75, 3.05) is 0 Å². The predicted octanol–water partition coefficient (Wildman–Crippen LogP) is 5.66. The van der Waals surface area contributed by atoms with Crippen molar-refractivity contribution in [3.63, 3.8) is 0 Å². The molecule has 0 amide bonds. The quantitative estimate of drug-likeness (QED) is 0.569. The SMILES string of the molecule is C[C@@H](/C=C/c1ccccc1)c1ccc2ccccc2c1. The Morgan fingerprint density at radius 2 is 1.45 bits per heavy atom. The molecule has 0 heteroatoms. The zero-order valence-electron chi connectivity index (χ0n) is 11.7. The van der Waals surface area contributed by atoms with Crippen molar-refractivity contribution in [2.24, 2.45) is 0 Å². The third-order valence-corrected chi connectivity index (χ3v) is 3.68. The maximum absolute atomic E-state index is 2.29. The standard InChI is InChI=1S/C20H18/c1-16(11-12-17-7-3-2-4-8-17)19-14-13-18-9-5-6-10-20(18)15-19/h2-16H,1H3/b12-11+/t16-/m0/s1. The molecule has 0 aliphatic rings. The van der Waals surface area contributed by atoms with Crippen molar-refractivity contribution in [1.82, 2.24) is 0 Å². The zero-order valence-corrected chi connectivity index (χ0v) is 11.7. The molecule has 0 bridgehead atoms. The van der Waals surface area contributed by atoms with Gasteiger partial charge in [0, 0.05) is 0 Å². The van der Waals surface area contributed by atoms with E-state index in [1.54, 1.807) is 0 Å². The highest BCUT2D eigenvalue weighted by atomic mass is 14.1. The monoisotopic (exact) mass is 258 g/mol. The number of hydrogen-bond donors (Lipinski definition) is 0. The van der Waals surface area contributed by atoms with Gasteiger partial charge in [0.25, 0.3) is 0 Å². The van der Waals surface area contributed by atoms with E-state index in [0.717, 1.165) is 0 Å². The van der Waals surface area contributed by atoms with Crippen LogP contribution in [0.4, 0.5) is 0 Å². The van der Waals surface area contributed by atoms with Gasteiger partial charge in [0.15, 0.2) is 0 Å². The molecule has 0 fully saturated rings. The Kier molecular flexibility index (Phi) is 3.64. The first kappa shape index (κ1) is 12.7. The van der Waals surface area contributed by atoms with Crippen LogP contribution in [0.3, 0.4) is 0 Å². The topological polar surface area (TPSA) is 0 Å². The minimum absolute atomic E-state index is 0.416. The van der Waals surface area contributed by atoms with Crippen LogP contribution in [-0.2, 0) is 0 Å². The van der Waals surface area contributed by atoms with Crippen LogP contribution in [0, 0.1) is 0 Å². The number of allylic oxidation sites excluding steroid dienone is 1. The van der Waals surface area contributed by atoms with E-state index in [0.29, 0.717) is 5.92 Å². The number of benzene rings is 3. The molecule has 3 rings (SSSR count). The van der Waals surface area contributed by atoms with Crippen LogP contribution in [0.1, 0.15) is 24.0 Å². The second-order valence-electron chi connectivity index (χ2n) is 5.17. The summed E-state index contributed by atoms with van der Waals surface area (Å²) in [6.45, 7) is 2.24. The maximum atomic E-state index is 2.29. The van der Waals surface area contributed by atoms with E-state index in [2.05, 4.69) is 85.8 Å². The lowest BCUT2D eigenvalue weighted by molar-refractivity contribution is 0.976. The molecular weight excluding hydrogens is 240 g/mol. The Balaban J connectivity index is 1.85. The molecule has 0 spiro atoms. The van der Waals surface area contributed by atoms with Gasteiger partial charge in [-0.05, 0) is 27.8 Å². The molecule has 0 heterocycles. The molecule has 0 radical (unpaired) electrons. The molecule has 0 aromatic heterocycles. The van der Waals surface area contributed by atoms with Crippen LogP contribution in [0.25, 0.3) is 16.8 Å². The molecule has 0 N–H and O–H groups in total. The fourth-order valence-electron chi connectivity index (χ4n) is 2.42. The molecule has 3 aromatic rings. The molecule has 0 aliphatic heterocycles. The smallest absolute Gasteiger partial charge is 0.000688 e. The van der Waals surface area contributed by atoms with Crippen LogP contribution >= 0.6 is 0 Å². The molecule has 0 saturated heterocycles. The van der Waals surface area contributed by atoms with Gasteiger partial charge < -0.3 is 0 Å². The number of hydrogen-bond acceptors (Lipinski definition) is 0. The predicted molar refractivity (Wildman–Crippen MR) is 87.8 cm³/mol. The fourth-order valence-corrected chi connectivity index (χ4v) is 2.42. The highest BCUT2D eigenvalue weighted by Gasteiger charge is 2.02. The molecule has 98 valence electrons. The second-order valence-corrected chi connectivity index (χ2v) is 5.17. The molecule has 0 nitrogen and oxygen atoms in total. The first-order valence-corrected chi connectivity index (χ1v) is 7.05. The van der Waals surface area contributed by atoms with Crippen LogP contribution < -0.4 is 0 Å². The van der Waals surface area contributed by atoms with E-state index in [1.807, 2.05) is 6.07 Å². The lowest BCUT2D eigenvalue weighted by Gasteiger charge is -2.08. The zero-order chi connectivity index (χ0) is 13.8. The van der Waals surface area contributed by atoms with Gasteiger partial charge in [0.2, 0.25) is 0 Å². The average molecular weight is 258 g/mol. The average Bonchev–Trinajstić information content (AvgIpc) is 2.53. The minimum atomic E-state index is 0.416. The van der Waals surface area contributed by atoms with E-state index in [1.165, 1.54) is 21.9 Å². The van der Waals surface area contributed by atoms with Gasteiger partial charge in [-0.3, -0.25) is 0 Å². The van der Waals surface area contributed by atoms with Crippen LogP contribution in [-0.4, -0.2) is 0 Å². The van der Waals surface area contributed by atoms with Crippen molar-refractivity contribution >= 4 is 16.8 Å². The first-order chi connectivity index (χ1) is 9.83. The van der Waals surface area contributed by atoms with Crippen LogP contribution in [0.15, 0.2) is 78.9 Å². The Morgan fingerprint density at radius 1 is 0.750 bits per heavy atom. The summed E-state index contributed by atoms with van der Waals surface area (Å²) < 4.78 is 0. The molecule has 1 atom stereocenters. The number of rotatable bonds is 3. The Labute approximate surface area is 120 Å². The van der Waals surface area contributed by atoms with Gasteiger partial charge in [-0.2, -0.15) is 0 Å². The van der Waals surface area contributed by atoms with Gasteiger partial charge >= 0.3 is 0 Å². The molecular formula is C20H18. The van der Waals surface area contributed by atoms with E-state index in [9.17, 15) is 0 Å². The van der Waals surface area contributed by atoms with E-state index < -0.39 is 0 Å². The van der Waals surface area contributed by atoms with E-state index >= 15 is 0 Å². The third-order valence-electron chi connectivity index (χ3n) is 3.68. The summed E-state index contributed by atoms with van der Waals surface area (Å²) in [5.41, 5.74) is 2.61. The Hall–Kier alpha value is -2.34. The second kappa shape index (κ2) is 5.75. The summed E-state index contributed by atoms with van der Waals surface area (Å²) in [7, 11) is 0. The third kappa shape index (κ3) is 2.80. The van der Waals surface area contributed by atoms with Gasteiger partial charge in [0.05, 0.1) is 0 Å². The fraction of sp³-hybridized carbons (Fsp3) is 0.100. The first-order valence-electron chi connectivity index (χ1n) is 7.05. The van der Waals surface area contributed by atoms with Gasteiger partial charge in [-0.15, -0.1) is 0 Å². The summed E-state index contributed by atoms with van der Waals surface area (Å²) >= 11 is 0. The molecule has 0 unspecified atom stereocenters. The Morgan fingerprint density at radius 3 is 2.25 bits per heavy atom. The van der Waals surface area contributed by atoms with Crippen molar-refractivity contribution in [3.8, 4) is 0 Å². The van der Waals surface area contributed by atoms with Crippen LogP contribution in [0.5, 0.6) is 0 Å². The molecule has 3 aromatic carbocycles. The van der Waals surface area contributed by atoms with E-state index in [4.69, 9.17) is 0 Å². The van der Waals surface area contributed by atoms with Crippen LogP contribution in [0.2, 0.25) is 0 Å². The Bertz CT molecular complexity index is 723. The van der Waals surface area contributed by atoms with E-state index in [-0.39, 0.29) is 0 Å². The lowest BCUT2D eigenvalue weighted by atomic mass is 9.97. The van der Waals surface area contributed by atoms with Gasteiger partial charge in [-0.1, -0.05) is 91.9 Å². The normalized spacial score (nSPS) is 12.8. The van der Waals surface area contributed by atoms with Crippen molar-refractivity contribution < 1.29 is 0 Å². The number of fused-ring (bicyclic) bond motifs is 1. The molecule has 0 saturated carbocycles. The minimum Gasteiger partial charge on any atom is -0.0767 e. The van der Waals surface area contributed by atoms with Gasteiger partial charge in [-0.25, -0.2) is 0 Å². The maximum Gasteiger partial charge on any atom is -0.000688 e. The van der Waals surface area contributed by atoms with Crippen molar-refractivity contribution in [3.05, 3.63) is 90.0 Å². The summed E-state index contributed by atoms with van der Waals surface area (Å²) in [6, 6.07) is 25.7. The highest BCUT2D eigenvalue weighted by molar-refractivity contribution is 5.83. The molecule has 20 heavy (non-hydrogen) atoms. The molecule has 0 aliphatic carbocycles. The van der Waals surface area contributed by atoms with Crippen molar-refractivity contribution in [1.29, 1.82) is 0 Å². The summed E-state index contributed by atoms with van der Waals surface area (Å²) in [5, 5.41) is 2.61. The largest absolute Gasteiger partial charge is 0.0767 e. The lowest BCUT2D eigenvalue weighted by Crippen LogP contribution is -1.89. The highest BCUT2D eigenvalue weighted by Crippen LogP contribution is 2.23.